The van der Waals surface area contributed by atoms with Crippen LogP contribution in [0.3, 0.4) is 0 Å². The summed E-state index contributed by atoms with van der Waals surface area (Å²) in [6, 6.07) is 5.85. The van der Waals surface area contributed by atoms with Crippen LogP contribution in [0.5, 0.6) is 5.75 Å². The Morgan fingerprint density at radius 1 is 1.37 bits per heavy atom. The Morgan fingerprint density at radius 3 is 2.95 bits per heavy atom. The summed E-state index contributed by atoms with van der Waals surface area (Å²) in [6.07, 6.45) is 0. The van der Waals surface area contributed by atoms with Crippen molar-refractivity contribution < 1.29 is 14.2 Å². The number of ether oxygens (including phenoxy) is 1. The zero-order chi connectivity index (χ0) is 13.7. The van der Waals surface area contributed by atoms with Crippen molar-refractivity contribution in [1.82, 2.24) is 0 Å². The van der Waals surface area contributed by atoms with Gasteiger partial charge in [0.15, 0.2) is 0 Å². The minimum Gasteiger partial charge on any atom is -0.486 e. The lowest BCUT2D eigenvalue weighted by molar-refractivity contribution is 0.309. The largest absolute Gasteiger partial charge is 0.486 e. The van der Waals surface area contributed by atoms with Gasteiger partial charge in [-0.1, -0.05) is 23.4 Å². The van der Waals surface area contributed by atoms with Gasteiger partial charge in [0.25, 0.3) is 0 Å². The first-order valence-electron chi connectivity index (χ1n) is 5.44. The standard InChI is InChI=1S/C14H10ClFO2S/c15-12-8-11(16)3-4-13(12)18-9-14-10(2-1-6-17)5-7-19-14/h3-5,7-8,17H,6,9H2. The number of aliphatic hydroxyl groups excluding tert-OH is 1. The van der Waals surface area contributed by atoms with Crippen LogP contribution in [0.1, 0.15) is 10.4 Å². The molecule has 2 aromatic rings. The first-order valence-corrected chi connectivity index (χ1v) is 6.70. The highest BCUT2D eigenvalue weighted by Gasteiger charge is 2.06. The third kappa shape index (κ3) is 3.71. The summed E-state index contributed by atoms with van der Waals surface area (Å²) in [5.41, 5.74) is 0.817. The van der Waals surface area contributed by atoms with Crippen molar-refractivity contribution >= 4 is 22.9 Å². The van der Waals surface area contributed by atoms with Crippen molar-refractivity contribution in [3.63, 3.8) is 0 Å². The van der Waals surface area contributed by atoms with E-state index in [9.17, 15) is 4.39 Å². The summed E-state index contributed by atoms with van der Waals surface area (Å²) in [6.45, 7) is 0.123. The van der Waals surface area contributed by atoms with E-state index < -0.39 is 5.82 Å². The van der Waals surface area contributed by atoms with Crippen molar-refractivity contribution in [2.24, 2.45) is 0 Å². The van der Waals surface area contributed by atoms with Crippen LogP contribution < -0.4 is 4.74 Å². The molecule has 0 amide bonds. The Bertz CT molecular complexity index is 628. The van der Waals surface area contributed by atoms with Crippen molar-refractivity contribution in [2.75, 3.05) is 6.61 Å². The Hall–Kier alpha value is -1.54. The van der Waals surface area contributed by atoms with E-state index in [1.54, 1.807) is 0 Å². The molecule has 0 unspecified atom stereocenters. The predicted molar refractivity (Wildman–Crippen MR) is 74.0 cm³/mol. The normalized spacial score (nSPS) is 9.84. The molecule has 0 fully saturated rings. The van der Waals surface area contributed by atoms with Gasteiger partial charge in [0, 0.05) is 5.56 Å². The zero-order valence-corrected chi connectivity index (χ0v) is 11.4. The SMILES string of the molecule is OCC#Cc1ccsc1COc1ccc(F)cc1Cl. The van der Waals surface area contributed by atoms with Gasteiger partial charge in [-0.2, -0.15) is 0 Å². The highest BCUT2D eigenvalue weighted by molar-refractivity contribution is 7.10. The van der Waals surface area contributed by atoms with Gasteiger partial charge in [0.05, 0.1) is 9.90 Å². The van der Waals surface area contributed by atoms with E-state index in [2.05, 4.69) is 11.8 Å². The maximum absolute atomic E-state index is 12.9. The van der Waals surface area contributed by atoms with E-state index in [1.807, 2.05) is 11.4 Å². The van der Waals surface area contributed by atoms with Crippen LogP contribution in [-0.4, -0.2) is 11.7 Å². The maximum atomic E-state index is 12.9. The molecule has 1 aromatic carbocycles. The number of thiophene rings is 1. The van der Waals surface area contributed by atoms with Crippen molar-refractivity contribution in [3.8, 4) is 17.6 Å². The lowest BCUT2D eigenvalue weighted by atomic mass is 10.2. The van der Waals surface area contributed by atoms with Gasteiger partial charge in [0.2, 0.25) is 0 Å². The molecule has 2 nitrogen and oxygen atoms in total. The highest BCUT2D eigenvalue weighted by Crippen LogP contribution is 2.27. The number of hydrogen-bond acceptors (Lipinski definition) is 3. The van der Waals surface area contributed by atoms with Gasteiger partial charge < -0.3 is 9.84 Å². The van der Waals surface area contributed by atoms with Gasteiger partial charge in [0.1, 0.15) is 24.8 Å². The van der Waals surface area contributed by atoms with E-state index in [0.717, 1.165) is 10.4 Å². The molecule has 0 bridgehead atoms. The number of rotatable bonds is 3. The molecule has 0 aliphatic heterocycles. The molecule has 0 saturated carbocycles. The van der Waals surface area contributed by atoms with Crippen LogP contribution in [0.4, 0.5) is 4.39 Å². The maximum Gasteiger partial charge on any atom is 0.138 e. The van der Waals surface area contributed by atoms with Crippen molar-refractivity contribution in [2.45, 2.75) is 6.61 Å². The molecule has 98 valence electrons. The summed E-state index contributed by atoms with van der Waals surface area (Å²) in [7, 11) is 0. The van der Waals surface area contributed by atoms with E-state index >= 15 is 0 Å². The van der Waals surface area contributed by atoms with Gasteiger partial charge in [-0.3, -0.25) is 0 Å². The molecule has 5 heteroatoms. The predicted octanol–water partition coefficient (Wildman–Crippen LogP) is 3.46. The third-order valence-electron chi connectivity index (χ3n) is 2.30. The van der Waals surface area contributed by atoms with Crippen molar-refractivity contribution in [1.29, 1.82) is 0 Å². The minimum atomic E-state index is -0.400. The number of aliphatic hydroxyl groups is 1. The Balaban J connectivity index is 2.08. The fraction of sp³-hybridized carbons (Fsp3) is 0.143. The zero-order valence-electron chi connectivity index (χ0n) is 9.82. The molecule has 2 rings (SSSR count). The first-order chi connectivity index (χ1) is 9.20. The summed E-state index contributed by atoms with van der Waals surface area (Å²) in [4.78, 5) is 0.932. The Morgan fingerprint density at radius 2 is 2.21 bits per heavy atom. The summed E-state index contributed by atoms with van der Waals surface area (Å²) in [5.74, 6) is 5.46. The summed E-state index contributed by atoms with van der Waals surface area (Å²) < 4.78 is 18.4. The first kappa shape index (κ1) is 13.9. The fourth-order valence-electron chi connectivity index (χ4n) is 1.43. The second kappa shape index (κ2) is 6.58. The van der Waals surface area contributed by atoms with Gasteiger partial charge >= 0.3 is 0 Å². The molecule has 1 N–H and O–H groups in total. The number of benzene rings is 1. The lowest BCUT2D eigenvalue weighted by Gasteiger charge is -2.07. The van der Waals surface area contributed by atoms with Crippen molar-refractivity contribution in [3.05, 3.63) is 50.9 Å². The van der Waals surface area contributed by atoms with E-state index in [4.69, 9.17) is 21.4 Å². The molecule has 0 atom stereocenters. The van der Waals surface area contributed by atoms with Crippen LogP contribution in [-0.2, 0) is 6.61 Å². The van der Waals surface area contributed by atoms with Gasteiger partial charge in [-0.15, -0.1) is 11.3 Å². The van der Waals surface area contributed by atoms with Gasteiger partial charge in [-0.25, -0.2) is 4.39 Å². The minimum absolute atomic E-state index is 0.181. The second-order valence-corrected chi connectivity index (χ2v) is 4.99. The second-order valence-electron chi connectivity index (χ2n) is 3.58. The van der Waals surface area contributed by atoms with Gasteiger partial charge in [-0.05, 0) is 29.6 Å². The number of halogens is 2. The van der Waals surface area contributed by atoms with Crippen LogP contribution >= 0.6 is 22.9 Å². The van der Waals surface area contributed by atoms with Crippen LogP contribution in [0, 0.1) is 17.7 Å². The highest BCUT2D eigenvalue weighted by atomic mass is 35.5. The third-order valence-corrected chi connectivity index (χ3v) is 3.49. The molecule has 19 heavy (non-hydrogen) atoms. The molecule has 0 aliphatic rings. The summed E-state index contributed by atoms with van der Waals surface area (Å²) >= 11 is 7.37. The molecule has 1 heterocycles. The fourth-order valence-corrected chi connectivity index (χ4v) is 2.40. The Kier molecular flexibility index (Phi) is 4.80. The molecule has 1 aromatic heterocycles. The topological polar surface area (TPSA) is 29.5 Å². The molecule has 0 spiro atoms. The smallest absolute Gasteiger partial charge is 0.138 e. The number of hydrogen-bond donors (Lipinski definition) is 1. The van der Waals surface area contributed by atoms with E-state index in [1.165, 1.54) is 29.5 Å². The van der Waals surface area contributed by atoms with Crippen LogP contribution in [0.25, 0.3) is 0 Å². The average Bonchev–Trinajstić information content (AvgIpc) is 2.83. The molecule has 0 aliphatic carbocycles. The monoisotopic (exact) mass is 296 g/mol. The van der Waals surface area contributed by atoms with E-state index in [0.29, 0.717) is 12.4 Å². The molecule has 0 radical (unpaired) electrons. The molecule has 0 saturated heterocycles. The average molecular weight is 297 g/mol. The quantitative estimate of drug-likeness (QED) is 0.879. The molecular formula is C14H10ClFO2S. The Labute approximate surface area is 119 Å². The van der Waals surface area contributed by atoms with Crippen LogP contribution in [0.15, 0.2) is 29.6 Å². The van der Waals surface area contributed by atoms with Crippen LogP contribution in [0.2, 0.25) is 5.02 Å². The molecular weight excluding hydrogens is 287 g/mol. The lowest BCUT2D eigenvalue weighted by Crippen LogP contribution is -1.96. The van der Waals surface area contributed by atoms with E-state index in [-0.39, 0.29) is 11.6 Å². The summed E-state index contributed by atoms with van der Waals surface area (Å²) in [5, 5.41) is 10.8.